The number of likely N-dealkylation sites (tertiary alicyclic amines) is 1. The van der Waals surface area contributed by atoms with Gasteiger partial charge in [0, 0.05) is 44.6 Å². The third kappa shape index (κ3) is 4.97. The molecular weight excluding hydrogens is 486 g/mol. The average molecular weight is 513 g/mol. The van der Waals surface area contributed by atoms with Crippen LogP contribution in [-0.2, 0) is 11.3 Å². The molecule has 0 bridgehead atoms. The lowest BCUT2D eigenvalue weighted by molar-refractivity contribution is -0.132. The molecule has 2 amide bonds. The van der Waals surface area contributed by atoms with Crippen molar-refractivity contribution in [2.45, 2.75) is 57.0 Å². The number of alkyl halides is 2. The quantitative estimate of drug-likeness (QED) is 0.505. The molecule has 2 aliphatic carbocycles. The highest BCUT2D eigenvalue weighted by atomic mass is 35.5. The van der Waals surface area contributed by atoms with Crippen LogP contribution >= 0.6 is 12.4 Å². The molecule has 2 saturated carbocycles. The normalized spacial score (nSPS) is 19.7. The van der Waals surface area contributed by atoms with E-state index in [0.29, 0.717) is 6.54 Å². The molecule has 0 aromatic carbocycles. The van der Waals surface area contributed by atoms with Gasteiger partial charge < -0.3 is 21.1 Å². The fourth-order valence-corrected chi connectivity index (χ4v) is 4.17. The predicted molar refractivity (Wildman–Crippen MR) is 126 cm³/mol. The Morgan fingerprint density at radius 3 is 2.46 bits per heavy atom. The Morgan fingerprint density at radius 1 is 1.20 bits per heavy atom. The maximum absolute atomic E-state index is 13.4. The SMILES string of the molecule is Cl.Nc1nn2c(=O)c(C(=O)NC3CC3)c(O)n(CC3CC3)c2c1C=CC(=O)N1CCC(F)(F)CC1. The van der Waals surface area contributed by atoms with E-state index in [4.69, 9.17) is 5.73 Å². The summed E-state index contributed by atoms with van der Waals surface area (Å²) in [7, 11) is 0. The summed E-state index contributed by atoms with van der Waals surface area (Å²) in [5.74, 6) is -4.17. The zero-order valence-corrected chi connectivity index (χ0v) is 19.7. The van der Waals surface area contributed by atoms with Crippen molar-refractivity contribution in [3.63, 3.8) is 0 Å². The summed E-state index contributed by atoms with van der Waals surface area (Å²) in [6.45, 7) is 0.223. The minimum Gasteiger partial charge on any atom is -0.494 e. The molecule has 3 fully saturated rings. The molecule has 0 atom stereocenters. The van der Waals surface area contributed by atoms with Crippen LogP contribution in [0.25, 0.3) is 11.7 Å². The number of piperidine rings is 1. The average Bonchev–Trinajstić information content (AvgIpc) is 3.70. The van der Waals surface area contributed by atoms with Crippen molar-refractivity contribution in [3.8, 4) is 5.88 Å². The van der Waals surface area contributed by atoms with Crippen molar-refractivity contribution < 1.29 is 23.5 Å². The number of amides is 2. The number of nitrogens with zero attached hydrogens (tertiary/aromatic N) is 4. The molecule has 1 aliphatic heterocycles. The maximum atomic E-state index is 13.4. The zero-order valence-electron chi connectivity index (χ0n) is 18.9. The van der Waals surface area contributed by atoms with E-state index in [1.54, 1.807) is 0 Å². The molecule has 1 saturated heterocycles. The van der Waals surface area contributed by atoms with Crippen molar-refractivity contribution in [2.24, 2.45) is 5.92 Å². The number of nitrogen functional groups attached to an aromatic ring is 1. The lowest BCUT2D eigenvalue weighted by Crippen LogP contribution is -2.42. The Bertz CT molecular complexity index is 1260. The van der Waals surface area contributed by atoms with Crippen LogP contribution in [0, 0.1) is 5.92 Å². The molecule has 5 rings (SSSR count). The monoisotopic (exact) mass is 512 g/mol. The molecule has 3 heterocycles. The molecule has 10 nitrogen and oxygen atoms in total. The van der Waals surface area contributed by atoms with E-state index in [1.165, 1.54) is 21.6 Å². The molecule has 35 heavy (non-hydrogen) atoms. The molecule has 13 heteroatoms. The molecule has 3 aliphatic rings. The van der Waals surface area contributed by atoms with Gasteiger partial charge >= 0.3 is 0 Å². The molecular formula is C22H27ClF2N6O4. The molecule has 0 spiro atoms. The van der Waals surface area contributed by atoms with Gasteiger partial charge in [-0.3, -0.25) is 19.0 Å². The zero-order chi connectivity index (χ0) is 24.2. The lowest BCUT2D eigenvalue weighted by atomic mass is 10.1. The number of rotatable bonds is 6. The first-order valence-corrected chi connectivity index (χ1v) is 11.4. The van der Waals surface area contributed by atoms with Crippen LogP contribution in [0.3, 0.4) is 0 Å². The number of nitrogens with one attached hydrogen (secondary N) is 1. The predicted octanol–water partition coefficient (Wildman–Crippen LogP) is 1.78. The minimum absolute atomic E-state index is 0. The largest absolute Gasteiger partial charge is 0.494 e. The van der Waals surface area contributed by atoms with Crippen molar-refractivity contribution in [1.29, 1.82) is 0 Å². The molecule has 4 N–H and O–H groups in total. The first kappa shape index (κ1) is 25.0. The van der Waals surface area contributed by atoms with Gasteiger partial charge in [-0.15, -0.1) is 17.5 Å². The Labute approximate surface area is 205 Å². The van der Waals surface area contributed by atoms with Gasteiger partial charge in [-0.2, -0.15) is 4.52 Å². The number of anilines is 1. The standard InChI is InChI=1S/C22H26F2N6O4.ClH/c23-22(24)7-9-28(10-8-22)15(31)6-5-14-17(25)27-30-19(14)29(11-12-1-2-12)20(33)16(21(30)34)18(32)26-13-3-4-13;/h5-6,12-13,33H,1-4,7-11H2,(H2,25,27)(H,26,32);1H. The van der Waals surface area contributed by atoms with Gasteiger partial charge in [0.15, 0.2) is 17.0 Å². The van der Waals surface area contributed by atoms with Crippen molar-refractivity contribution >= 4 is 41.8 Å². The Balaban J connectivity index is 0.00000289. The summed E-state index contributed by atoms with van der Waals surface area (Å²) >= 11 is 0. The van der Waals surface area contributed by atoms with Crippen molar-refractivity contribution in [3.05, 3.63) is 27.6 Å². The van der Waals surface area contributed by atoms with E-state index in [-0.39, 0.29) is 54.5 Å². The number of aromatic nitrogens is 3. The van der Waals surface area contributed by atoms with E-state index in [9.17, 15) is 28.3 Å². The summed E-state index contributed by atoms with van der Waals surface area (Å²) in [5, 5.41) is 17.8. The van der Waals surface area contributed by atoms with Gasteiger partial charge in [-0.1, -0.05) is 0 Å². The molecule has 2 aromatic heterocycles. The number of hydrogen-bond donors (Lipinski definition) is 3. The number of fused-ring (bicyclic) bond motifs is 1. The third-order valence-electron chi connectivity index (χ3n) is 6.54. The van der Waals surface area contributed by atoms with Crippen LogP contribution < -0.4 is 16.6 Å². The second kappa shape index (κ2) is 9.14. The first-order valence-electron chi connectivity index (χ1n) is 11.4. The second-order valence-electron chi connectivity index (χ2n) is 9.35. The van der Waals surface area contributed by atoms with Gasteiger partial charge in [0.1, 0.15) is 0 Å². The smallest absolute Gasteiger partial charge is 0.291 e. The third-order valence-corrected chi connectivity index (χ3v) is 6.54. The highest BCUT2D eigenvalue weighted by Gasteiger charge is 2.35. The van der Waals surface area contributed by atoms with E-state index in [2.05, 4.69) is 10.4 Å². The Hall–Kier alpha value is -3.15. The van der Waals surface area contributed by atoms with E-state index < -0.39 is 47.6 Å². The summed E-state index contributed by atoms with van der Waals surface area (Å²) in [6, 6.07) is -0.0131. The molecule has 190 valence electrons. The van der Waals surface area contributed by atoms with Crippen LogP contribution in [0.1, 0.15) is 54.4 Å². The molecule has 0 radical (unpaired) electrons. The fourth-order valence-electron chi connectivity index (χ4n) is 4.17. The van der Waals surface area contributed by atoms with Crippen LogP contribution in [-0.4, -0.2) is 61.1 Å². The number of aromatic hydroxyl groups is 1. The van der Waals surface area contributed by atoms with E-state index in [0.717, 1.165) is 30.2 Å². The topological polar surface area (TPSA) is 135 Å². The van der Waals surface area contributed by atoms with E-state index >= 15 is 0 Å². The van der Waals surface area contributed by atoms with Crippen LogP contribution in [0.15, 0.2) is 10.9 Å². The summed E-state index contributed by atoms with van der Waals surface area (Å²) < 4.78 is 29.2. The summed E-state index contributed by atoms with van der Waals surface area (Å²) in [6.07, 6.45) is 5.29. The number of carbonyl (C=O) groups excluding carboxylic acids is 2. The number of nitrogens with two attached hydrogens (primary N) is 1. The molecule has 0 unspecified atom stereocenters. The number of hydrogen-bond acceptors (Lipinski definition) is 6. The van der Waals surface area contributed by atoms with Gasteiger partial charge in [0.25, 0.3) is 17.4 Å². The van der Waals surface area contributed by atoms with Gasteiger partial charge in [0.05, 0.1) is 5.56 Å². The second-order valence-corrected chi connectivity index (χ2v) is 9.35. The molecule has 2 aromatic rings. The highest BCUT2D eigenvalue weighted by Crippen LogP contribution is 2.35. The first-order chi connectivity index (χ1) is 16.1. The summed E-state index contributed by atoms with van der Waals surface area (Å²) in [5.41, 5.74) is 5.26. The summed E-state index contributed by atoms with van der Waals surface area (Å²) in [4.78, 5) is 39.7. The van der Waals surface area contributed by atoms with Crippen LogP contribution in [0.2, 0.25) is 0 Å². The maximum Gasteiger partial charge on any atom is 0.291 e. The van der Waals surface area contributed by atoms with Gasteiger partial charge in [-0.25, -0.2) is 8.78 Å². The number of carbonyl (C=O) groups is 2. The van der Waals surface area contributed by atoms with Gasteiger partial charge in [-0.05, 0) is 37.7 Å². The minimum atomic E-state index is -2.77. The Kier molecular flexibility index (Phi) is 6.52. The van der Waals surface area contributed by atoms with Crippen LogP contribution in [0.4, 0.5) is 14.6 Å². The van der Waals surface area contributed by atoms with Crippen molar-refractivity contribution in [2.75, 3.05) is 18.8 Å². The van der Waals surface area contributed by atoms with Gasteiger partial charge in [0.2, 0.25) is 11.8 Å². The van der Waals surface area contributed by atoms with Crippen LogP contribution in [0.5, 0.6) is 5.88 Å². The fraction of sp³-hybridized carbons (Fsp3) is 0.545. The highest BCUT2D eigenvalue weighted by molar-refractivity contribution is 5.97. The van der Waals surface area contributed by atoms with Crippen molar-refractivity contribution in [1.82, 2.24) is 24.4 Å². The van der Waals surface area contributed by atoms with E-state index in [1.807, 2.05) is 0 Å². The number of halogens is 3. The Morgan fingerprint density at radius 2 is 1.86 bits per heavy atom. The lowest BCUT2D eigenvalue weighted by Gasteiger charge is -2.30.